The molecule has 0 fully saturated rings. The molecule has 2 aromatic rings. The molecule has 0 saturated heterocycles. The zero-order chi connectivity index (χ0) is 14.2. The van der Waals surface area contributed by atoms with Gasteiger partial charge in [0.25, 0.3) is 5.69 Å². The summed E-state index contributed by atoms with van der Waals surface area (Å²) in [6.45, 7) is 2.80. The number of hydrogen-bond donors (Lipinski definition) is 0. The monoisotopic (exact) mass is 270 g/mol. The van der Waals surface area contributed by atoms with Gasteiger partial charge in [0.2, 0.25) is 6.20 Å². The summed E-state index contributed by atoms with van der Waals surface area (Å²) in [5.74, 6) is 0.864. The molecular weight excluding hydrogens is 250 g/mol. The molecule has 0 aliphatic carbocycles. The van der Waals surface area contributed by atoms with Gasteiger partial charge in [-0.15, -0.1) is 0 Å². The molecule has 1 heterocycles. The molecule has 0 saturated carbocycles. The Balaban J connectivity index is 2.13. The van der Waals surface area contributed by atoms with Crippen molar-refractivity contribution in [3.63, 3.8) is 0 Å². The maximum Gasteiger partial charge on any atom is 0.257 e. The lowest BCUT2D eigenvalue weighted by Gasteiger charge is -2.00. The molecule has 0 bridgehead atoms. The van der Waals surface area contributed by atoms with Crippen molar-refractivity contribution in [2.24, 2.45) is 0 Å². The molecular formula is C17H20NO2+. The second kappa shape index (κ2) is 7.34. The minimum absolute atomic E-state index is 0.706. The summed E-state index contributed by atoms with van der Waals surface area (Å²) in [6.07, 6.45) is 7.00. The lowest BCUT2D eigenvalue weighted by Crippen LogP contribution is -2.45. The Bertz CT molecular complexity index is 561. The number of hydrogen-bond acceptors (Lipinski definition) is 2. The molecule has 3 nitrogen and oxygen atoms in total. The molecule has 0 aliphatic rings. The Kier molecular flexibility index (Phi) is 5.18. The first-order chi connectivity index (χ1) is 9.83. The van der Waals surface area contributed by atoms with Crippen LogP contribution >= 0.6 is 0 Å². The van der Waals surface area contributed by atoms with Crippen molar-refractivity contribution in [3.8, 4) is 5.75 Å². The topological polar surface area (TPSA) is 22.3 Å². The Hall–Kier alpha value is -2.29. The molecule has 1 aromatic heterocycles. The number of nitrogens with zero attached hydrogens (tertiary/aromatic N) is 1. The van der Waals surface area contributed by atoms with E-state index in [1.54, 1.807) is 11.8 Å². The van der Waals surface area contributed by atoms with E-state index in [4.69, 9.17) is 9.57 Å². The van der Waals surface area contributed by atoms with Gasteiger partial charge in [-0.05, 0) is 36.3 Å². The van der Waals surface area contributed by atoms with Crippen molar-refractivity contribution >= 4 is 12.2 Å². The van der Waals surface area contributed by atoms with E-state index in [1.807, 2.05) is 54.7 Å². The molecule has 0 unspecified atom stereocenters. The van der Waals surface area contributed by atoms with E-state index >= 15 is 0 Å². The highest BCUT2D eigenvalue weighted by Crippen LogP contribution is 2.13. The third-order valence-electron chi connectivity index (χ3n) is 2.85. The van der Waals surface area contributed by atoms with Crippen molar-refractivity contribution in [2.45, 2.75) is 13.3 Å². The third-order valence-corrected chi connectivity index (χ3v) is 2.85. The van der Waals surface area contributed by atoms with Crippen LogP contribution in [0.4, 0.5) is 0 Å². The van der Waals surface area contributed by atoms with Crippen LogP contribution in [0.15, 0.2) is 48.7 Å². The first-order valence-corrected chi connectivity index (χ1v) is 6.79. The zero-order valence-electron chi connectivity index (χ0n) is 12.0. The molecule has 0 atom stereocenters. The van der Waals surface area contributed by atoms with Crippen LogP contribution in [-0.2, 0) is 0 Å². The van der Waals surface area contributed by atoms with E-state index in [1.165, 1.54) is 0 Å². The molecule has 3 heteroatoms. The minimum atomic E-state index is 0.706. The van der Waals surface area contributed by atoms with E-state index in [-0.39, 0.29) is 0 Å². The highest BCUT2D eigenvalue weighted by Gasteiger charge is 2.07. The predicted molar refractivity (Wildman–Crippen MR) is 80.3 cm³/mol. The highest BCUT2D eigenvalue weighted by molar-refractivity contribution is 5.67. The van der Waals surface area contributed by atoms with Gasteiger partial charge >= 0.3 is 0 Å². The van der Waals surface area contributed by atoms with Gasteiger partial charge in [0.15, 0.2) is 6.61 Å². The number of methoxy groups -OCH3 is 1. The Morgan fingerprint density at radius 2 is 1.85 bits per heavy atom. The summed E-state index contributed by atoms with van der Waals surface area (Å²) < 4.78 is 6.94. The highest BCUT2D eigenvalue weighted by atomic mass is 16.7. The molecule has 0 amide bonds. The molecule has 0 spiro atoms. The average molecular weight is 270 g/mol. The Morgan fingerprint density at radius 3 is 2.55 bits per heavy atom. The van der Waals surface area contributed by atoms with Gasteiger partial charge in [-0.2, -0.15) is 0 Å². The van der Waals surface area contributed by atoms with Gasteiger partial charge < -0.3 is 4.74 Å². The van der Waals surface area contributed by atoms with Gasteiger partial charge in [-0.25, -0.2) is 0 Å². The van der Waals surface area contributed by atoms with Crippen LogP contribution in [0.5, 0.6) is 5.75 Å². The van der Waals surface area contributed by atoms with E-state index in [2.05, 4.69) is 13.0 Å². The van der Waals surface area contributed by atoms with Crippen molar-refractivity contribution in [2.75, 3.05) is 13.7 Å². The summed E-state index contributed by atoms with van der Waals surface area (Å²) in [5.41, 5.74) is 2.13. The summed E-state index contributed by atoms with van der Waals surface area (Å²) in [5, 5.41) is 0. The fourth-order valence-corrected chi connectivity index (χ4v) is 1.77. The molecule has 0 N–H and O–H groups in total. The third kappa shape index (κ3) is 3.85. The van der Waals surface area contributed by atoms with Crippen LogP contribution in [0.1, 0.15) is 24.6 Å². The summed E-state index contributed by atoms with van der Waals surface area (Å²) in [4.78, 5) is 5.66. The van der Waals surface area contributed by atoms with Gasteiger partial charge in [0.05, 0.1) is 7.11 Å². The van der Waals surface area contributed by atoms with Crippen LogP contribution in [-0.4, -0.2) is 13.7 Å². The summed E-state index contributed by atoms with van der Waals surface area (Å²) in [6, 6.07) is 13.9. The van der Waals surface area contributed by atoms with E-state index in [9.17, 15) is 0 Å². The van der Waals surface area contributed by atoms with Gasteiger partial charge in [0, 0.05) is 22.9 Å². The smallest absolute Gasteiger partial charge is 0.257 e. The first kappa shape index (κ1) is 14.1. The summed E-state index contributed by atoms with van der Waals surface area (Å²) in [7, 11) is 1.67. The average Bonchev–Trinajstić information content (AvgIpc) is 2.52. The fraction of sp³-hybridized carbons (Fsp3) is 0.235. The Morgan fingerprint density at radius 1 is 1.05 bits per heavy atom. The van der Waals surface area contributed by atoms with Crippen LogP contribution in [0.2, 0.25) is 0 Å². The van der Waals surface area contributed by atoms with E-state index in [0.717, 1.165) is 23.4 Å². The van der Waals surface area contributed by atoms with E-state index in [0.29, 0.717) is 6.61 Å². The second-order valence-electron chi connectivity index (χ2n) is 4.39. The van der Waals surface area contributed by atoms with Crippen LogP contribution in [0, 0.1) is 0 Å². The molecule has 104 valence electrons. The molecule has 0 aliphatic heterocycles. The molecule has 0 radical (unpaired) electrons. The van der Waals surface area contributed by atoms with Crippen molar-refractivity contribution < 1.29 is 14.3 Å². The van der Waals surface area contributed by atoms with Crippen molar-refractivity contribution in [1.29, 1.82) is 0 Å². The number of pyridine rings is 1. The molecule has 20 heavy (non-hydrogen) atoms. The zero-order valence-corrected chi connectivity index (χ0v) is 12.0. The maximum absolute atomic E-state index is 5.66. The minimum Gasteiger partial charge on any atom is -0.497 e. The quantitative estimate of drug-likeness (QED) is 0.753. The maximum atomic E-state index is 5.66. The largest absolute Gasteiger partial charge is 0.497 e. The van der Waals surface area contributed by atoms with Crippen LogP contribution < -0.4 is 14.3 Å². The van der Waals surface area contributed by atoms with Gasteiger partial charge in [0.1, 0.15) is 5.75 Å². The van der Waals surface area contributed by atoms with Gasteiger partial charge in [-0.3, -0.25) is 4.84 Å². The molecule has 2 rings (SSSR count). The fourth-order valence-electron chi connectivity index (χ4n) is 1.77. The van der Waals surface area contributed by atoms with Crippen LogP contribution in [0.25, 0.3) is 12.2 Å². The normalized spacial score (nSPS) is 10.7. The van der Waals surface area contributed by atoms with Crippen molar-refractivity contribution in [1.82, 2.24) is 0 Å². The number of ether oxygens (including phenoxy) is 1. The van der Waals surface area contributed by atoms with Gasteiger partial charge in [-0.1, -0.05) is 19.1 Å². The second-order valence-corrected chi connectivity index (χ2v) is 4.39. The predicted octanol–water partition coefficient (Wildman–Crippen LogP) is 2.99. The number of aromatic nitrogens is 1. The summed E-state index contributed by atoms with van der Waals surface area (Å²) >= 11 is 0. The Labute approximate surface area is 120 Å². The SMILES string of the molecule is CCCO[n+]1ccccc1C=Cc1ccc(OC)cc1. The number of rotatable bonds is 6. The lowest BCUT2D eigenvalue weighted by molar-refractivity contribution is -0.892. The first-order valence-electron chi connectivity index (χ1n) is 6.79. The lowest BCUT2D eigenvalue weighted by atomic mass is 10.2. The van der Waals surface area contributed by atoms with Crippen LogP contribution in [0.3, 0.4) is 0 Å². The van der Waals surface area contributed by atoms with Crippen molar-refractivity contribution in [3.05, 3.63) is 59.9 Å². The number of benzene rings is 1. The standard InChI is InChI=1S/C17H20NO2/c1-3-14-20-18-13-5-4-6-16(18)10-7-15-8-11-17(19-2)12-9-15/h4-13H,3,14H2,1-2H3/q+1. The molecule has 1 aromatic carbocycles. The van der Waals surface area contributed by atoms with E-state index < -0.39 is 0 Å².